The van der Waals surface area contributed by atoms with Gasteiger partial charge in [0.2, 0.25) is 0 Å². The molecule has 0 spiro atoms. The summed E-state index contributed by atoms with van der Waals surface area (Å²) >= 11 is 0. The van der Waals surface area contributed by atoms with Crippen molar-refractivity contribution in [3.8, 4) is 5.75 Å². The summed E-state index contributed by atoms with van der Waals surface area (Å²) in [4.78, 5) is 4.32. The zero-order valence-electron chi connectivity index (χ0n) is 10.0. The molecule has 2 nitrogen and oxygen atoms in total. The third-order valence-electron chi connectivity index (χ3n) is 2.58. The minimum Gasteiger partial charge on any atom is -0.505 e. The smallest absolute Gasteiger partial charge is 0.144 e. The summed E-state index contributed by atoms with van der Waals surface area (Å²) in [5, 5.41) is 9.89. The van der Waals surface area contributed by atoms with Gasteiger partial charge in [0.05, 0.1) is 0 Å². The van der Waals surface area contributed by atoms with E-state index in [0.29, 0.717) is 5.69 Å². The lowest BCUT2D eigenvalue weighted by molar-refractivity contribution is 0.472. The summed E-state index contributed by atoms with van der Waals surface area (Å²) in [5.74, 6) is 0.253. The lowest BCUT2D eigenvalue weighted by Crippen LogP contribution is -1.82. The molecule has 0 aliphatic carbocycles. The molecule has 2 heteroatoms. The second-order valence-electron chi connectivity index (χ2n) is 4.12. The van der Waals surface area contributed by atoms with E-state index >= 15 is 0 Å². The molecule has 0 saturated heterocycles. The number of hydrogen-bond acceptors (Lipinski definition) is 2. The van der Waals surface area contributed by atoms with Crippen LogP contribution < -0.4 is 0 Å². The van der Waals surface area contributed by atoms with Crippen molar-refractivity contribution in [2.75, 3.05) is 0 Å². The molecular weight excluding hydrogens is 222 g/mol. The van der Waals surface area contributed by atoms with Crippen LogP contribution in [-0.4, -0.2) is 11.3 Å². The first kappa shape index (κ1) is 14.0. The van der Waals surface area contributed by atoms with Gasteiger partial charge < -0.3 is 5.11 Å². The highest BCUT2D eigenvalue weighted by Crippen LogP contribution is 2.30. The minimum atomic E-state index is 0. The molecule has 0 aliphatic heterocycles. The van der Waals surface area contributed by atoms with E-state index in [-0.39, 0.29) is 13.2 Å². The number of nitrogens with zero attached hydrogens (tertiary/aromatic N) is 1. The van der Waals surface area contributed by atoms with Gasteiger partial charge in [-0.3, -0.25) is 4.99 Å². The molecule has 0 heterocycles. The SMILES string of the molecule is C.Cc1cc(C)c(O)c(N=Cc2ccccc2)c1. The van der Waals surface area contributed by atoms with E-state index in [2.05, 4.69) is 4.99 Å². The topological polar surface area (TPSA) is 32.6 Å². The molecule has 2 rings (SSSR count). The summed E-state index contributed by atoms with van der Waals surface area (Å²) in [6.45, 7) is 3.87. The molecule has 1 N–H and O–H groups in total. The maximum atomic E-state index is 9.89. The van der Waals surface area contributed by atoms with Crippen molar-refractivity contribution >= 4 is 11.9 Å². The molecule has 0 unspecified atom stereocenters. The van der Waals surface area contributed by atoms with Crippen LogP contribution in [0.1, 0.15) is 24.1 Å². The molecule has 0 aliphatic rings. The largest absolute Gasteiger partial charge is 0.505 e. The molecule has 2 aromatic rings. The Bertz CT molecular complexity index is 545. The summed E-state index contributed by atoms with van der Waals surface area (Å²) in [6, 6.07) is 13.7. The van der Waals surface area contributed by atoms with Gasteiger partial charge in [-0.15, -0.1) is 0 Å². The van der Waals surface area contributed by atoms with E-state index in [1.165, 1.54) is 0 Å². The second-order valence-corrected chi connectivity index (χ2v) is 4.12. The van der Waals surface area contributed by atoms with Gasteiger partial charge in [0.1, 0.15) is 11.4 Å². The fourth-order valence-electron chi connectivity index (χ4n) is 1.72. The number of phenols is 1. The molecule has 0 atom stereocenters. The predicted molar refractivity (Wildman–Crippen MR) is 78.0 cm³/mol. The van der Waals surface area contributed by atoms with E-state index in [4.69, 9.17) is 0 Å². The van der Waals surface area contributed by atoms with Gasteiger partial charge in [0, 0.05) is 6.21 Å². The lowest BCUT2D eigenvalue weighted by Gasteiger charge is -2.04. The normalized spacial score (nSPS) is 10.3. The zero-order chi connectivity index (χ0) is 12.3. The summed E-state index contributed by atoms with van der Waals surface area (Å²) < 4.78 is 0. The first-order valence-electron chi connectivity index (χ1n) is 5.56. The molecule has 0 amide bonds. The highest BCUT2D eigenvalue weighted by Gasteiger charge is 2.03. The van der Waals surface area contributed by atoms with E-state index in [9.17, 15) is 5.11 Å². The lowest BCUT2D eigenvalue weighted by atomic mass is 10.1. The average Bonchev–Trinajstić information content (AvgIpc) is 2.33. The van der Waals surface area contributed by atoms with Crippen molar-refractivity contribution < 1.29 is 5.11 Å². The van der Waals surface area contributed by atoms with Gasteiger partial charge in [-0.2, -0.15) is 0 Å². The van der Waals surface area contributed by atoms with Gasteiger partial charge >= 0.3 is 0 Å². The Morgan fingerprint density at radius 3 is 2.39 bits per heavy atom. The van der Waals surface area contributed by atoms with Crippen LogP contribution in [0.25, 0.3) is 0 Å². The molecular formula is C16H19NO. The van der Waals surface area contributed by atoms with Crippen LogP contribution in [0.2, 0.25) is 0 Å². The van der Waals surface area contributed by atoms with Gasteiger partial charge in [0.25, 0.3) is 0 Å². The third-order valence-corrected chi connectivity index (χ3v) is 2.58. The second kappa shape index (κ2) is 6.01. The minimum absolute atomic E-state index is 0. The number of rotatable bonds is 2. The van der Waals surface area contributed by atoms with Crippen LogP contribution in [0.5, 0.6) is 5.75 Å². The van der Waals surface area contributed by atoms with Gasteiger partial charge in [0.15, 0.2) is 0 Å². The van der Waals surface area contributed by atoms with Gasteiger partial charge in [-0.1, -0.05) is 43.8 Å². The van der Waals surface area contributed by atoms with Crippen molar-refractivity contribution in [2.45, 2.75) is 21.3 Å². The summed E-state index contributed by atoms with van der Waals surface area (Å²) in [6.07, 6.45) is 1.76. The van der Waals surface area contributed by atoms with Crippen molar-refractivity contribution in [1.29, 1.82) is 0 Å². The van der Waals surface area contributed by atoms with Crippen LogP contribution >= 0.6 is 0 Å². The summed E-state index contributed by atoms with van der Waals surface area (Å²) in [5.41, 5.74) is 3.59. The van der Waals surface area contributed by atoms with Gasteiger partial charge in [-0.05, 0) is 36.6 Å². The molecule has 0 bridgehead atoms. The number of aliphatic imine (C=N–C) groups is 1. The van der Waals surface area contributed by atoms with E-state index in [1.807, 2.05) is 56.3 Å². The fourth-order valence-corrected chi connectivity index (χ4v) is 1.72. The van der Waals surface area contributed by atoms with Crippen molar-refractivity contribution in [1.82, 2.24) is 0 Å². The molecule has 0 fully saturated rings. The van der Waals surface area contributed by atoms with E-state index in [1.54, 1.807) is 6.21 Å². The number of hydrogen-bond donors (Lipinski definition) is 1. The molecule has 0 radical (unpaired) electrons. The Hall–Kier alpha value is -2.09. The van der Waals surface area contributed by atoms with E-state index in [0.717, 1.165) is 16.7 Å². The fraction of sp³-hybridized carbons (Fsp3) is 0.188. The standard InChI is InChI=1S/C15H15NO.CH4/c1-11-8-12(2)15(17)14(9-11)16-10-13-6-4-3-5-7-13;/h3-10,17H,1-2H3;1H4. The highest BCUT2D eigenvalue weighted by atomic mass is 16.3. The van der Waals surface area contributed by atoms with Crippen molar-refractivity contribution in [3.63, 3.8) is 0 Å². The van der Waals surface area contributed by atoms with Crippen molar-refractivity contribution in [3.05, 3.63) is 59.2 Å². The van der Waals surface area contributed by atoms with Gasteiger partial charge in [-0.25, -0.2) is 0 Å². The third kappa shape index (κ3) is 3.20. The van der Waals surface area contributed by atoms with E-state index < -0.39 is 0 Å². The zero-order valence-corrected chi connectivity index (χ0v) is 10.0. The number of phenolic OH excluding ortho intramolecular Hbond substituents is 1. The Morgan fingerprint density at radius 1 is 1.06 bits per heavy atom. The Morgan fingerprint density at radius 2 is 1.72 bits per heavy atom. The predicted octanol–water partition coefficient (Wildman–Crippen LogP) is 4.40. The maximum absolute atomic E-state index is 9.89. The average molecular weight is 241 g/mol. The van der Waals surface area contributed by atoms with Crippen LogP contribution in [0, 0.1) is 13.8 Å². The molecule has 0 aromatic heterocycles. The number of benzene rings is 2. The Kier molecular flexibility index (Phi) is 4.67. The van der Waals surface area contributed by atoms with Crippen LogP contribution in [-0.2, 0) is 0 Å². The maximum Gasteiger partial charge on any atom is 0.144 e. The molecule has 18 heavy (non-hydrogen) atoms. The molecule has 2 aromatic carbocycles. The van der Waals surface area contributed by atoms with Crippen LogP contribution in [0.15, 0.2) is 47.5 Å². The first-order chi connectivity index (χ1) is 8.16. The van der Waals surface area contributed by atoms with Crippen LogP contribution in [0.4, 0.5) is 5.69 Å². The number of aromatic hydroxyl groups is 1. The molecule has 0 saturated carbocycles. The monoisotopic (exact) mass is 241 g/mol. The highest BCUT2D eigenvalue weighted by molar-refractivity contribution is 5.82. The quantitative estimate of drug-likeness (QED) is 0.777. The van der Waals surface area contributed by atoms with Crippen molar-refractivity contribution in [2.24, 2.45) is 4.99 Å². The number of aryl methyl sites for hydroxylation is 2. The Balaban J connectivity index is 0.00000162. The van der Waals surface area contributed by atoms with Crippen LogP contribution in [0.3, 0.4) is 0 Å². The Labute approximate surface area is 109 Å². The summed E-state index contributed by atoms with van der Waals surface area (Å²) in [7, 11) is 0. The first-order valence-corrected chi connectivity index (χ1v) is 5.56. The molecule has 94 valence electrons.